The van der Waals surface area contributed by atoms with Gasteiger partial charge in [0.25, 0.3) is 0 Å². The summed E-state index contributed by atoms with van der Waals surface area (Å²) in [6, 6.07) is 8.39. The number of hydrogen-bond acceptors (Lipinski definition) is 4. The van der Waals surface area contributed by atoms with Crippen LogP contribution in [0.25, 0.3) is 0 Å². The van der Waals surface area contributed by atoms with E-state index in [1.54, 1.807) is 0 Å². The van der Waals surface area contributed by atoms with Gasteiger partial charge in [0.05, 0.1) is 0 Å². The van der Waals surface area contributed by atoms with Gasteiger partial charge in [-0.25, -0.2) is 4.79 Å². The van der Waals surface area contributed by atoms with Gasteiger partial charge in [-0.15, -0.1) is 0 Å². The number of ether oxygens (including phenoxy) is 1. The third-order valence-electron chi connectivity index (χ3n) is 5.16. The number of nitrogens with zero attached hydrogens (tertiary/aromatic N) is 1. The molecule has 0 bridgehead atoms. The van der Waals surface area contributed by atoms with Crippen molar-refractivity contribution in [1.82, 2.24) is 5.32 Å². The molecule has 0 radical (unpaired) electrons. The van der Waals surface area contributed by atoms with E-state index in [4.69, 9.17) is 10.5 Å². The molecule has 1 amide bonds. The monoisotopic (exact) mass is 331 g/mol. The van der Waals surface area contributed by atoms with Crippen LogP contribution in [0.1, 0.15) is 46.5 Å². The zero-order valence-corrected chi connectivity index (χ0v) is 15.0. The first-order chi connectivity index (χ1) is 11.2. The fourth-order valence-corrected chi connectivity index (χ4v) is 3.89. The molecule has 132 valence electrons. The van der Waals surface area contributed by atoms with Crippen LogP contribution >= 0.6 is 0 Å². The lowest BCUT2D eigenvalue weighted by molar-refractivity contribution is 0.0234. The fraction of sp³-hybridized carbons (Fsp3) is 0.632. The molecular formula is C19H29N3O2. The van der Waals surface area contributed by atoms with E-state index in [1.165, 1.54) is 18.5 Å². The summed E-state index contributed by atoms with van der Waals surface area (Å²) in [7, 11) is 0. The van der Waals surface area contributed by atoms with Crippen molar-refractivity contribution >= 4 is 17.5 Å². The van der Waals surface area contributed by atoms with E-state index in [0.717, 1.165) is 31.6 Å². The molecule has 1 spiro atoms. The highest BCUT2D eigenvalue weighted by atomic mass is 16.6. The van der Waals surface area contributed by atoms with Crippen LogP contribution < -0.4 is 16.0 Å². The lowest BCUT2D eigenvalue weighted by Crippen LogP contribution is -2.55. The predicted octanol–water partition coefficient (Wildman–Crippen LogP) is 3.54. The Labute approximate surface area is 144 Å². The Morgan fingerprint density at radius 1 is 1.21 bits per heavy atom. The molecule has 1 aromatic carbocycles. The summed E-state index contributed by atoms with van der Waals surface area (Å²) in [6.07, 6.45) is 4.22. The average Bonchev–Trinajstić information content (AvgIpc) is 2.45. The summed E-state index contributed by atoms with van der Waals surface area (Å²) < 4.78 is 5.34. The van der Waals surface area contributed by atoms with Crippen LogP contribution in [0, 0.1) is 5.41 Å². The number of benzene rings is 1. The van der Waals surface area contributed by atoms with E-state index in [0.29, 0.717) is 5.41 Å². The van der Waals surface area contributed by atoms with Crippen molar-refractivity contribution in [3.05, 3.63) is 24.3 Å². The molecule has 0 aromatic heterocycles. The van der Waals surface area contributed by atoms with Gasteiger partial charge >= 0.3 is 6.09 Å². The number of nitrogen functional groups attached to an aromatic ring is 1. The lowest BCUT2D eigenvalue weighted by Gasteiger charge is -2.52. The smallest absolute Gasteiger partial charge is 0.407 e. The summed E-state index contributed by atoms with van der Waals surface area (Å²) in [5.74, 6) is 0. The van der Waals surface area contributed by atoms with Gasteiger partial charge in [-0.05, 0) is 76.1 Å². The quantitative estimate of drug-likeness (QED) is 0.813. The molecule has 5 heteroatoms. The number of carbonyl (C=O) groups is 1. The molecule has 1 saturated carbocycles. The Hall–Kier alpha value is -1.91. The van der Waals surface area contributed by atoms with Crippen LogP contribution in [0.15, 0.2) is 24.3 Å². The van der Waals surface area contributed by atoms with Gasteiger partial charge < -0.3 is 20.7 Å². The number of alkyl carbamates (subject to hydrolysis) is 1. The molecule has 2 fully saturated rings. The van der Waals surface area contributed by atoms with E-state index < -0.39 is 5.60 Å². The van der Waals surface area contributed by atoms with Crippen molar-refractivity contribution < 1.29 is 9.53 Å². The van der Waals surface area contributed by atoms with Crippen molar-refractivity contribution in [2.45, 2.75) is 58.1 Å². The highest BCUT2D eigenvalue weighted by Crippen LogP contribution is 2.49. The molecule has 1 aromatic rings. The average molecular weight is 331 g/mol. The van der Waals surface area contributed by atoms with Crippen LogP contribution in [0.2, 0.25) is 0 Å². The SMILES string of the molecule is CC(C)(C)OC(=O)NC1CC2(CCN(c3ccc(N)cc3)CC2)C1. The third-order valence-corrected chi connectivity index (χ3v) is 5.16. The first-order valence-electron chi connectivity index (χ1n) is 8.85. The lowest BCUT2D eigenvalue weighted by atomic mass is 9.60. The van der Waals surface area contributed by atoms with Crippen molar-refractivity contribution in [1.29, 1.82) is 0 Å². The highest BCUT2D eigenvalue weighted by molar-refractivity contribution is 5.68. The topological polar surface area (TPSA) is 67.6 Å². The second-order valence-corrected chi connectivity index (χ2v) is 8.33. The minimum Gasteiger partial charge on any atom is -0.444 e. The zero-order valence-electron chi connectivity index (χ0n) is 15.0. The van der Waals surface area contributed by atoms with Crippen molar-refractivity contribution in [3.8, 4) is 0 Å². The molecule has 24 heavy (non-hydrogen) atoms. The zero-order chi connectivity index (χ0) is 17.4. The molecule has 1 heterocycles. The Bertz CT molecular complexity index is 576. The number of anilines is 2. The van der Waals surface area contributed by atoms with Gasteiger partial charge in [0.2, 0.25) is 0 Å². The summed E-state index contributed by atoms with van der Waals surface area (Å²) in [5.41, 5.74) is 7.79. The van der Waals surface area contributed by atoms with Crippen LogP contribution in [0.3, 0.4) is 0 Å². The van der Waals surface area contributed by atoms with Crippen LogP contribution in [0.4, 0.5) is 16.2 Å². The second-order valence-electron chi connectivity index (χ2n) is 8.33. The Balaban J connectivity index is 1.45. The summed E-state index contributed by atoms with van der Waals surface area (Å²) in [5, 5.41) is 3.00. The van der Waals surface area contributed by atoms with Gasteiger partial charge in [0.1, 0.15) is 5.60 Å². The van der Waals surface area contributed by atoms with E-state index in [2.05, 4.69) is 22.3 Å². The summed E-state index contributed by atoms with van der Waals surface area (Å²) in [6.45, 7) is 7.82. The maximum Gasteiger partial charge on any atom is 0.407 e. The molecule has 0 atom stereocenters. The number of piperidine rings is 1. The van der Waals surface area contributed by atoms with E-state index in [-0.39, 0.29) is 12.1 Å². The van der Waals surface area contributed by atoms with Crippen LogP contribution in [-0.2, 0) is 4.74 Å². The highest BCUT2D eigenvalue weighted by Gasteiger charge is 2.46. The van der Waals surface area contributed by atoms with Gasteiger partial charge in [-0.1, -0.05) is 0 Å². The number of carbonyl (C=O) groups excluding carboxylic acids is 1. The van der Waals surface area contributed by atoms with Crippen molar-refractivity contribution in [2.75, 3.05) is 23.7 Å². The van der Waals surface area contributed by atoms with E-state index in [9.17, 15) is 4.79 Å². The minimum absolute atomic E-state index is 0.267. The molecular weight excluding hydrogens is 302 g/mol. The Morgan fingerprint density at radius 2 is 1.79 bits per heavy atom. The number of nitrogens with one attached hydrogen (secondary N) is 1. The van der Waals surface area contributed by atoms with Gasteiger partial charge in [0, 0.05) is 30.5 Å². The molecule has 3 N–H and O–H groups in total. The summed E-state index contributed by atoms with van der Waals surface area (Å²) in [4.78, 5) is 14.3. The number of amides is 1. The first-order valence-corrected chi connectivity index (χ1v) is 8.85. The normalized spacial score (nSPS) is 20.5. The largest absolute Gasteiger partial charge is 0.444 e. The van der Waals surface area contributed by atoms with Crippen LogP contribution in [-0.4, -0.2) is 30.8 Å². The fourth-order valence-electron chi connectivity index (χ4n) is 3.89. The van der Waals surface area contributed by atoms with E-state index in [1.807, 2.05) is 32.9 Å². The second kappa shape index (κ2) is 6.19. The van der Waals surface area contributed by atoms with E-state index >= 15 is 0 Å². The molecule has 0 unspecified atom stereocenters. The minimum atomic E-state index is -0.435. The van der Waals surface area contributed by atoms with Crippen molar-refractivity contribution in [3.63, 3.8) is 0 Å². The summed E-state index contributed by atoms with van der Waals surface area (Å²) >= 11 is 0. The van der Waals surface area contributed by atoms with Gasteiger partial charge in [-0.2, -0.15) is 0 Å². The molecule has 5 nitrogen and oxygen atoms in total. The number of hydrogen-bond donors (Lipinski definition) is 2. The molecule has 1 aliphatic carbocycles. The number of rotatable bonds is 2. The number of nitrogens with two attached hydrogens (primary N) is 1. The molecule has 1 aliphatic heterocycles. The Morgan fingerprint density at radius 3 is 2.33 bits per heavy atom. The molecule has 1 saturated heterocycles. The maximum atomic E-state index is 11.8. The molecule has 2 aliphatic rings. The van der Waals surface area contributed by atoms with Gasteiger partial charge in [0.15, 0.2) is 0 Å². The molecule has 3 rings (SSSR count). The Kier molecular flexibility index (Phi) is 4.37. The third kappa shape index (κ3) is 3.94. The van der Waals surface area contributed by atoms with Gasteiger partial charge in [-0.3, -0.25) is 0 Å². The van der Waals surface area contributed by atoms with Crippen LogP contribution in [0.5, 0.6) is 0 Å². The maximum absolute atomic E-state index is 11.8. The first kappa shape index (κ1) is 16.9. The predicted molar refractivity (Wildman–Crippen MR) is 97.1 cm³/mol. The standard InChI is InChI=1S/C19H29N3O2/c1-18(2,3)24-17(23)21-15-12-19(13-15)8-10-22(11-9-19)16-6-4-14(20)5-7-16/h4-7,15H,8-13,20H2,1-3H3,(H,21,23). The van der Waals surface area contributed by atoms with Crippen molar-refractivity contribution in [2.24, 2.45) is 5.41 Å².